The molecule has 24 heavy (non-hydrogen) atoms. The minimum Gasteiger partial charge on any atom is -0.480 e. The molecule has 2 N–H and O–H groups in total. The Morgan fingerprint density at radius 3 is 2.75 bits per heavy atom. The van der Waals surface area contributed by atoms with Crippen LogP contribution in [0.15, 0.2) is 18.2 Å². The largest absolute Gasteiger partial charge is 0.480 e. The molecule has 0 aromatic heterocycles. The molecule has 1 aromatic carbocycles. The topological polar surface area (TPSA) is 110 Å². The Balaban J connectivity index is 2.07. The summed E-state index contributed by atoms with van der Waals surface area (Å²) < 4.78 is 5.67. The summed E-state index contributed by atoms with van der Waals surface area (Å²) in [4.78, 5) is 48.4. The number of hydrogen-bond donors (Lipinski definition) is 2. The summed E-state index contributed by atoms with van der Waals surface area (Å²) in [5.74, 6) is -5.18. The molecule has 0 bridgehead atoms. The maximum atomic E-state index is 12.9. The zero-order valence-corrected chi connectivity index (χ0v) is 13.3. The second-order valence-electron chi connectivity index (χ2n) is 5.74. The van der Waals surface area contributed by atoms with E-state index in [1.807, 2.05) is 0 Å². The number of aliphatic carboxylic acids is 1. The summed E-state index contributed by atoms with van der Waals surface area (Å²) in [6.45, 7) is -0.336. The molecule has 1 fully saturated rings. The highest BCUT2D eigenvalue weighted by Crippen LogP contribution is 2.45. The van der Waals surface area contributed by atoms with Crippen LogP contribution in [0.4, 0.5) is 0 Å². The normalized spacial score (nSPS) is 25.6. The quantitative estimate of drug-likeness (QED) is 0.784. The number of benzene rings is 1. The van der Waals surface area contributed by atoms with E-state index in [0.29, 0.717) is 30.0 Å². The number of nitrogens with one attached hydrogen (secondary N) is 1. The van der Waals surface area contributed by atoms with E-state index in [9.17, 15) is 19.2 Å². The summed E-state index contributed by atoms with van der Waals surface area (Å²) in [6.07, 6.45) is 0.974. The van der Waals surface area contributed by atoms with Gasteiger partial charge in [-0.25, -0.2) is 0 Å². The van der Waals surface area contributed by atoms with Gasteiger partial charge in [0.2, 0.25) is 5.91 Å². The summed E-state index contributed by atoms with van der Waals surface area (Å²) >= 11 is 5.95. The highest BCUT2D eigenvalue weighted by Gasteiger charge is 2.56. The zero-order chi connectivity index (χ0) is 17.5. The van der Waals surface area contributed by atoms with Crippen LogP contribution < -0.4 is 5.32 Å². The molecule has 2 atom stereocenters. The molecule has 1 saturated heterocycles. The number of rotatable bonds is 3. The van der Waals surface area contributed by atoms with E-state index in [1.54, 1.807) is 12.1 Å². The molecule has 1 heterocycles. The van der Waals surface area contributed by atoms with Gasteiger partial charge in [-0.2, -0.15) is 0 Å². The molecule has 1 aromatic rings. The van der Waals surface area contributed by atoms with Gasteiger partial charge in [0.1, 0.15) is 6.54 Å². The average molecular weight is 352 g/mol. The van der Waals surface area contributed by atoms with Gasteiger partial charge in [0.15, 0.2) is 23.1 Å². The van der Waals surface area contributed by atoms with Gasteiger partial charge in [0.05, 0.1) is 0 Å². The van der Waals surface area contributed by atoms with Crippen LogP contribution in [-0.4, -0.2) is 41.7 Å². The lowest BCUT2D eigenvalue weighted by Gasteiger charge is -2.36. The second-order valence-corrected chi connectivity index (χ2v) is 6.18. The fourth-order valence-corrected chi connectivity index (χ4v) is 3.43. The van der Waals surface area contributed by atoms with Crippen LogP contribution in [0, 0.1) is 5.92 Å². The van der Waals surface area contributed by atoms with Crippen LogP contribution in [0.3, 0.4) is 0 Å². The van der Waals surface area contributed by atoms with Gasteiger partial charge in [0, 0.05) is 22.8 Å². The predicted molar refractivity (Wildman–Crippen MR) is 81.8 cm³/mol. The van der Waals surface area contributed by atoms with Crippen molar-refractivity contribution in [3.63, 3.8) is 0 Å². The van der Waals surface area contributed by atoms with E-state index < -0.39 is 41.5 Å². The van der Waals surface area contributed by atoms with Crippen LogP contribution in [-0.2, 0) is 24.7 Å². The number of carbonyl (C=O) groups excluding carboxylic acids is 3. The molecule has 0 saturated carbocycles. The average Bonchev–Trinajstić information content (AvgIpc) is 3.02. The van der Waals surface area contributed by atoms with E-state index >= 15 is 0 Å². The molecule has 7 nitrogen and oxygen atoms in total. The number of amides is 1. The smallest absolute Gasteiger partial charge is 0.322 e. The fourth-order valence-electron chi connectivity index (χ4n) is 3.26. The van der Waals surface area contributed by atoms with Crippen LogP contribution in [0.25, 0.3) is 0 Å². The molecular weight excluding hydrogens is 338 g/mol. The molecule has 1 spiro atoms. The highest BCUT2D eigenvalue weighted by molar-refractivity contribution is 6.33. The van der Waals surface area contributed by atoms with Gasteiger partial charge in [-0.05, 0) is 25.0 Å². The maximum Gasteiger partial charge on any atom is 0.322 e. The molecule has 1 unspecified atom stereocenters. The van der Waals surface area contributed by atoms with Crippen molar-refractivity contribution < 1.29 is 29.0 Å². The third-order valence-corrected chi connectivity index (χ3v) is 4.54. The van der Waals surface area contributed by atoms with E-state index in [1.165, 1.54) is 6.07 Å². The highest BCUT2D eigenvalue weighted by atomic mass is 35.5. The minimum absolute atomic E-state index is 0.166. The first-order valence-corrected chi connectivity index (χ1v) is 7.76. The van der Waals surface area contributed by atoms with Crippen molar-refractivity contribution >= 4 is 35.0 Å². The van der Waals surface area contributed by atoms with Crippen molar-refractivity contribution in [3.8, 4) is 0 Å². The third kappa shape index (κ3) is 2.50. The van der Waals surface area contributed by atoms with Crippen molar-refractivity contribution in [3.05, 3.63) is 34.3 Å². The van der Waals surface area contributed by atoms with Crippen LogP contribution in [0.1, 0.15) is 28.8 Å². The molecule has 1 amide bonds. The first kappa shape index (κ1) is 16.6. The molecule has 1 aliphatic carbocycles. The van der Waals surface area contributed by atoms with Crippen molar-refractivity contribution in [1.29, 1.82) is 0 Å². The molecule has 8 heteroatoms. The van der Waals surface area contributed by atoms with Gasteiger partial charge in [-0.15, -0.1) is 0 Å². The molecule has 0 radical (unpaired) electrons. The molecule has 1 aliphatic heterocycles. The fraction of sp³-hybridized carbons (Fsp3) is 0.375. The number of halogens is 1. The van der Waals surface area contributed by atoms with Crippen LogP contribution in [0.2, 0.25) is 5.02 Å². The Labute approximate surface area is 141 Å². The van der Waals surface area contributed by atoms with Crippen molar-refractivity contribution in [2.75, 3.05) is 13.2 Å². The number of ether oxygens (including phenoxy) is 1. The first-order valence-electron chi connectivity index (χ1n) is 7.39. The Kier molecular flexibility index (Phi) is 4.15. The van der Waals surface area contributed by atoms with Gasteiger partial charge >= 0.3 is 5.97 Å². The Morgan fingerprint density at radius 2 is 2.12 bits per heavy atom. The molecule has 3 rings (SSSR count). The number of carbonyl (C=O) groups is 4. The van der Waals surface area contributed by atoms with Crippen LogP contribution >= 0.6 is 11.6 Å². The SMILES string of the molecule is O=C(O)CNC(=O)C1C(=O)c2cc(Cl)ccc2[C@]2(CCCO2)C1=O. The number of carboxylic acid groups (broad SMARTS) is 1. The maximum absolute atomic E-state index is 12.9. The first-order chi connectivity index (χ1) is 11.4. The number of carboxylic acids is 1. The summed E-state index contributed by atoms with van der Waals surface area (Å²) in [7, 11) is 0. The lowest BCUT2D eigenvalue weighted by atomic mass is 9.70. The van der Waals surface area contributed by atoms with E-state index in [2.05, 4.69) is 5.32 Å². The Hall–Kier alpha value is -2.25. The van der Waals surface area contributed by atoms with E-state index in [4.69, 9.17) is 21.4 Å². The molecule has 2 aliphatic rings. The Morgan fingerprint density at radius 1 is 1.38 bits per heavy atom. The minimum atomic E-state index is -1.63. The number of fused-ring (bicyclic) bond motifs is 2. The van der Waals surface area contributed by atoms with E-state index in [0.717, 1.165) is 0 Å². The number of Topliss-reactive ketones (excluding diaryl/α,β-unsaturated/α-hetero) is 2. The van der Waals surface area contributed by atoms with E-state index in [-0.39, 0.29) is 5.56 Å². The second kappa shape index (κ2) is 5.99. The van der Waals surface area contributed by atoms with Gasteiger partial charge in [-0.1, -0.05) is 17.7 Å². The lowest BCUT2D eigenvalue weighted by molar-refractivity contribution is -0.149. The summed E-state index contributed by atoms with van der Waals surface area (Å²) in [6, 6.07) is 4.55. The third-order valence-electron chi connectivity index (χ3n) is 4.30. The van der Waals surface area contributed by atoms with Gasteiger partial charge < -0.3 is 15.2 Å². The zero-order valence-electron chi connectivity index (χ0n) is 12.5. The standard InChI is InChI=1S/C16H14ClNO6/c17-8-2-3-10-9(6-8)13(21)12(15(23)18-7-11(19)20)14(22)16(10)4-1-5-24-16/h2-3,6,12H,1,4-5,7H2,(H,18,23)(H,19,20)/t12?,16-/m1/s1. The molecular formula is C16H14ClNO6. The van der Waals surface area contributed by atoms with Crippen molar-refractivity contribution in [2.45, 2.75) is 18.4 Å². The van der Waals surface area contributed by atoms with Crippen molar-refractivity contribution in [2.24, 2.45) is 5.92 Å². The van der Waals surface area contributed by atoms with Crippen molar-refractivity contribution in [1.82, 2.24) is 5.32 Å². The van der Waals surface area contributed by atoms with Gasteiger partial charge in [-0.3, -0.25) is 19.2 Å². The monoisotopic (exact) mass is 351 g/mol. The Bertz CT molecular complexity index is 753. The molecule has 126 valence electrons. The number of ketones is 2. The predicted octanol–water partition coefficient (Wildman–Crippen LogP) is 0.928. The lowest BCUT2D eigenvalue weighted by Crippen LogP contribution is -2.53. The van der Waals surface area contributed by atoms with Gasteiger partial charge in [0.25, 0.3) is 0 Å². The summed E-state index contributed by atoms with van der Waals surface area (Å²) in [5, 5.41) is 11.1. The summed E-state index contributed by atoms with van der Waals surface area (Å²) in [5.41, 5.74) is -0.764. The van der Waals surface area contributed by atoms with Crippen LogP contribution in [0.5, 0.6) is 0 Å². The number of hydrogen-bond acceptors (Lipinski definition) is 5.